The number of carbonyl (C=O) groups excluding carboxylic acids is 1. The summed E-state index contributed by atoms with van der Waals surface area (Å²) in [7, 11) is 0. The zero-order valence-corrected chi connectivity index (χ0v) is 13.4. The molecule has 3 aromatic carbocycles. The van der Waals surface area contributed by atoms with E-state index in [1.54, 1.807) is 12.1 Å². The summed E-state index contributed by atoms with van der Waals surface area (Å²) in [6, 6.07) is 20.2. The number of hydrogen-bond donors (Lipinski definition) is 2. The molecule has 0 spiro atoms. The maximum Gasteiger partial charge on any atom is 0.238 e. The summed E-state index contributed by atoms with van der Waals surface area (Å²) in [6.07, 6.45) is 0. The van der Waals surface area contributed by atoms with Crippen molar-refractivity contribution in [2.75, 3.05) is 11.9 Å². The second kappa shape index (κ2) is 7.23. The first kappa shape index (κ1) is 16.1. The molecule has 3 nitrogen and oxygen atoms in total. The number of anilines is 1. The van der Waals surface area contributed by atoms with Gasteiger partial charge in [0.2, 0.25) is 5.91 Å². The predicted octanol–water partition coefficient (Wildman–Crippen LogP) is 4.27. The first-order chi connectivity index (χ1) is 11.6. The minimum Gasteiger partial charge on any atom is -0.325 e. The Balaban J connectivity index is 1.64. The van der Waals surface area contributed by atoms with Crippen molar-refractivity contribution in [1.29, 1.82) is 0 Å². The molecule has 0 aliphatic rings. The Morgan fingerprint density at radius 1 is 1.04 bits per heavy atom. The molecule has 0 aliphatic carbocycles. The van der Waals surface area contributed by atoms with E-state index in [0.29, 0.717) is 5.69 Å². The van der Waals surface area contributed by atoms with E-state index in [1.807, 2.05) is 25.1 Å². The topological polar surface area (TPSA) is 41.1 Å². The van der Waals surface area contributed by atoms with E-state index in [2.05, 4.69) is 34.9 Å². The lowest BCUT2D eigenvalue weighted by atomic mass is 10.00. The predicted molar refractivity (Wildman–Crippen MR) is 95.4 cm³/mol. The summed E-state index contributed by atoms with van der Waals surface area (Å²) in [5, 5.41) is 8.25. The van der Waals surface area contributed by atoms with Crippen LogP contribution in [0, 0.1) is 5.82 Å². The van der Waals surface area contributed by atoms with Crippen LogP contribution in [0.25, 0.3) is 10.8 Å². The number of benzene rings is 3. The molecule has 0 saturated carbocycles. The third-order valence-electron chi connectivity index (χ3n) is 3.97. The van der Waals surface area contributed by atoms with Crippen molar-refractivity contribution in [1.82, 2.24) is 5.32 Å². The normalized spacial score (nSPS) is 12.1. The Kier molecular flexibility index (Phi) is 4.87. The molecular formula is C20H19FN2O. The van der Waals surface area contributed by atoms with E-state index < -0.39 is 0 Å². The Bertz CT molecular complexity index is 858. The van der Waals surface area contributed by atoms with E-state index in [1.165, 1.54) is 22.9 Å². The van der Waals surface area contributed by atoms with Gasteiger partial charge >= 0.3 is 0 Å². The lowest BCUT2D eigenvalue weighted by Gasteiger charge is -2.16. The Morgan fingerprint density at radius 2 is 1.79 bits per heavy atom. The van der Waals surface area contributed by atoms with Crippen molar-refractivity contribution in [2.45, 2.75) is 13.0 Å². The second-order valence-corrected chi connectivity index (χ2v) is 5.73. The molecule has 0 aromatic heterocycles. The highest BCUT2D eigenvalue weighted by Gasteiger charge is 2.11. The highest BCUT2D eigenvalue weighted by molar-refractivity contribution is 5.92. The molecule has 2 N–H and O–H groups in total. The molecule has 0 fully saturated rings. The first-order valence-electron chi connectivity index (χ1n) is 7.90. The van der Waals surface area contributed by atoms with Crippen molar-refractivity contribution >= 4 is 22.4 Å². The van der Waals surface area contributed by atoms with Crippen molar-refractivity contribution in [3.05, 3.63) is 78.1 Å². The zero-order valence-electron chi connectivity index (χ0n) is 13.4. The molecule has 0 saturated heterocycles. The molecule has 0 heterocycles. The summed E-state index contributed by atoms with van der Waals surface area (Å²) in [5.41, 5.74) is 1.60. The Labute approximate surface area is 140 Å². The zero-order chi connectivity index (χ0) is 16.9. The van der Waals surface area contributed by atoms with E-state index in [-0.39, 0.29) is 24.3 Å². The third kappa shape index (κ3) is 3.78. The van der Waals surface area contributed by atoms with Gasteiger partial charge in [0.15, 0.2) is 0 Å². The van der Waals surface area contributed by atoms with Crippen LogP contribution in [0.3, 0.4) is 0 Å². The van der Waals surface area contributed by atoms with Crippen molar-refractivity contribution in [3.8, 4) is 0 Å². The fraction of sp³-hybridized carbons (Fsp3) is 0.150. The lowest BCUT2D eigenvalue weighted by Crippen LogP contribution is -2.30. The van der Waals surface area contributed by atoms with Gasteiger partial charge in [-0.3, -0.25) is 4.79 Å². The number of halogens is 1. The molecule has 0 unspecified atom stereocenters. The minimum absolute atomic E-state index is 0.0226. The fourth-order valence-corrected chi connectivity index (χ4v) is 2.76. The fourth-order valence-electron chi connectivity index (χ4n) is 2.76. The number of nitrogens with one attached hydrogen (secondary N) is 2. The maximum atomic E-state index is 13.1. The SMILES string of the molecule is C[C@@H](NCC(=O)Nc1cccc(F)c1)c1cccc2ccccc12. The van der Waals surface area contributed by atoms with E-state index in [4.69, 9.17) is 0 Å². The molecule has 24 heavy (non-hydrogen) atoms. The standard InChI is InChI=1S/C20H19FN2O/c1-14(18-11-4-7-15-6-2-3-10-19(15)18)22-13-20(24)23-17-9-5-8-16(21)12-17/h2-12,14,22H,13H2,1H3,(H,23,24)/t14-/m1/s1. The van der Waals surface area contributed by atoms with Gasteiger partial charge in [0, 0.05) is 11.7 Å². The highest BCUT2D eigenvalue weighted by atomic mass is 19.1. The maximum absolute atomic E-state index is 13.1. The van der Waals surface area contributed by atoms with E-state index >= 15 is 0 Å². The average molecular weight is 322 g/mol. The van der Waals surface area contributed by atoms with Gasteiger partial charge in [0.25, 0.3) is 0 Å². The number of rotatable bonds is 5. The van der Waals surface area contributed by atoms with E-state index in [0.717, 1.165) is 5.56 Å². The smallest absolute Gasteiger partial charge is 0.238 e. The van der Waals surface area contributed by atoms with Gasteiger partial charge in [-0.15, -0.1) is 0 Å². The first-order valence-corrected chi connectivity index (χ1v) is 7.90. The third-order valence-corrected chi connectivity index (χ3v) is 3.97. The van der Waals surface area contributed by atoms with Crippen LogP contribution in [0.4, 0.5) is 10.1 Å². The molecule has 3 aromatic rings. The Morgan fingerprint density at radius 3 is 2.62 bits per heavy atom. The van der Waals surface area contributed by atoms with Crippen LogP contribution in [-0.2, 0) is 4.79 Å². The molecule has 1 amide bonds. The second-order valence-electron chi connectivity index (χ2n) is 5.73. The van der Waals surface area contributed by atoms with Crippen LogP contribution in [0.2, 0.25) is 0 Å². The van der Waals surface area contributed by atoms with Crippen molar-refractivity contribution < 1.29 is 9.18 Å². The largest absolute Gasteiger partial charge is 0.325 e. The quantitative estimate of drug-likeness (QED) is 0.736. The number of carbonyl (C=O) groups is 1. The molecule has 1 atom stereocenters. The molecule has 122 valence electrons. The number of fused-ring (bicyclic) bond motifs is 1. The molecule has 0 radical (unpaired) electrons. The van der Waals surface area contributed by atoms with Gasteiger partial charge in [-0.2, -0.15) is 0 Å². The van der Waals surface area contributed by atoms with Crippen LogP contribution in [0.15, 0.2) is 66.7 Å². The lowest BCUT2D eigenvalue weighted by molar-refractivity contribution is -0.115. The van der Waals surface area contributed by atoms with Crippen molar-refractivity contribution in [2.24, 2.45) is 0 Å². The van der Waals surface area contributed by atoms with Crippen LogP contribution >= 0.6 is 0 Å². The van der Waals surface area contributed by atoms with Gasteiger partial charge in [-0.1, -0.05) is 48.5 Å². The van der Waals surface area contributed by atoms with Crippen LogP contribution in [-0.4, -0.2) is 12.5 Å². The molecule has 0 aliphatic heterocycles. The van der Waals surface area contributed by atoms with Crippen molar-refractivity contribution in [3.63, 3.8) is 0 Å². The highest BCUT2D eigenvalue weighted by Crippen LogP contribution is 2.23. The van der Waals surface area contributed by atoms with Gasteiger partial charge in [-0.25, -0.2) is 4.39 Å². The number of amides is 1. The average Bonchev–Trinajstić information content (AvgIpc) is 2.59. The van der Waals surface area contributed by atoms with E-state index in [9.17, 15) is 9.18 Å². The van der Waals surface area contributed by atoms with Crippen LogP contribution < -0.4 is 10.6 Å². The van der Waals surface area contributed by atoms with Gasteiger partial charge in [-0.05, 0) is 41.5 Å². The summed E-state index contributed by atoms with van der Waals surface area (Å²) >= 11 is 0. The van der Waals surface area contributed by atoms with Gasteiger partial charge in [0.05, 0.1) is 6.54 Å². The summed E-state index contributed by atoms with van der Waals surface area (Å²) in [4.78, 5) is 12.0. The molecule has 3 rings (SSSR count). The summed E-state index contributed by atoms with van der Waals surface area (Å²) in [6.45, 7) is 2.18. The monoisotopic (exact) mass is 322 g/mol. The van der Waals surface area contributed by atoms with Gasteiger partial charge in [0.1, 0.15) is 5.82 Å². The Hall–Kier alpha value is -2.72. The van der Waals surface area contributed by atoms with Crippen LogP contribution in [0.5, 0.6) is 0 Å². The molecular weight excluding hydrogens is 303 g/mol. The van der Waals surface area contributed by atoms with Gasteiger partial charge < -0.3 is 10.6 Å². The van der Waals surface area contributed by atoms with Crippen LogP contribution in [0.1, 0.15) is 18.5 Å². The number of hydrogen-bond acceptors (Lipinski definition) is 2. The summed E-state index contributed by atoms with van der Waals surface area (Å²) < 4.78 is 13.1. The molecule has 4 heteroatoms. The molecule has 0 bridgehead atoms. The summed E-state index contributed by atoms with van der Waals surface area (Å²) in [5.74, 6) is -0.572. The minimum atomic E-state index is -0.370.